The molecule has 4 heterocycles. The highest BCUT2D eigenvalue weighted by Crippen LogP contribution is 2.28. The SMILES string of the molecule is CC(C)c1nn(CC(=O)Nc2ccc3nncn3n2)c(=O)c2ccc(C(C)(F)F)nc12. The molecule has 4 aromatic heterocycles. The molecule has 4 aromatic rings. The molecule has 0 spiro atoms. The average Bonchev–Trinajstić information content (AvgIpc) is 3.16. The summed E-state index contributed by atoms with van der Waals surface area (Å²) in [5.41, 5.74) is -0.0891. The molecule has 0 aliphatic heterocycles. The lowest BCUT2D eigenvalue weighted by atomic mass is 10.1. The van der Waals surface area contributed by atoms with Gasteiger partial charge in [0.25, 0.3) is 11.5 Å². The smallest absolute Gasteiger partial charge is 0.286 e. The maximum absolute atomic E-state index is 13.7. The summed E-state index contributed by atoms with van der Waals surface area (Å²) < 4.78 is 29.8. The van der Waals surface area contributed by atoms with E-state index in [1.54, 1.807) is 26.0 Å². The summed E-state index contributed by atoms with van der Waals surface area (Å²) in [5, 5.41) is 18.6. The van der Waals surface area contributed by atoms with Crippen LogP contribution in [0.15, 0.2) is 35.4 Å². The number of alkyl halides is 2. The van der Waals surface area contributed by atoms with Crippen LogP contribution in [0.4, 0.5) is 14.6 Å². The molecular formula is C19H18F2N8O2. The van der Waals surface area contributed by atoms with Crippen LogP contribution in [0.5, 0.6) is 0 Å². The van der Waals surface area contributed by atoms with Gasteiger partial charge in [0.1, 0.15) is 18.6 Å². The summed E-state index contributed by atoms with van der Waals surface area (Å²) in [6.07, 6.45) is 1.39. The minimum atomic E-state index is -3.16. The minimum absolute atomic E-state index is 0.107. The van der Waals surface area contributed by atoms with Gasteiger partial charge in [0.05, 0.1) is 16.6 Å². The van der Waals surface area contributed by atoms with Crippen LogP contribution in [0.25, 0.3) is 16.6 Å². The van der Waals surface area contributed by atoms with Crippen molar-refractivity contribution >= 4 is 28.3 Å². The zero-order valence-corrected chi connectivity index (χ0v) is 16.9. The van der Waals surface area contributed by atoms with Gasteiger partial charge in [-0.2, -0.15) is 18.4 Å². The fraction of sp³-hybridized carbons (Fsp3) is 0.316. The number of nitrogens with one attached hydrogen (secondary N) is 1. The van der Waals surface area contributed by atoms with Gasteiger partial charge in [-0.3, -0.25) is 9.59 Å². The number of anilines is 1. The zero-order chi connectivity index (χ0) is 22.3. The van der Waals surface area contributed by atoms with Gasteiger partial charge in [0.2, 0.25) is 5.91 Å². The van der Waals surface area contributed by atoms with Gasteiger partial charge in [-0.15, -0.1) is 15.3 Å². The van der Waals surface area contributed by atoms with Crippen LogP contribution >= 0.6 is 0 Å². The summed E-state index contributed by atoms with van der Waals surface area (Å²) in [6.45, 7) is 3.95. The van der Waals surface area contributed by atoms with Crippen LogP contribution in [-0.4, -0.2) is 40.5 Å². The Hall–Kier alpha value is -3.83. The van der Waals surface area contributed by atoms with E-state index in [1.807, 2.05) is 0 Å². The lowest BCUT2D eigenvalue weighted by Gasteiger charge is -2.15. The maximum atomic E-state index is 13.7. The lowest BCUT2D eigenvalue weighted by Crippen LogP contribution is -2.31. The second-order valence-electron chi connectivity index (χ2n) is 7.38. The van der Waals surface area contributed by atoms with Crippen molar-refractivity contribution in [1.82, 2.24) is 34.6 Å². The third kappa shape index (κ3) is 3.96. The van der Waals surface area contributed by atoms with E-state index in [0.29, 0.717) is 11.3 Å². The molecule has 0 saturated heterocycles. The Morgan fingerprint density at radius 1 is 1.19 bits per heavy atom. The number of carbonyl (C=O) groups excluding carboxylic acids is 1. The maximum Gasteiger partial charge on any atom is 0.286 e. The van der Waals surface area contributed by atoms with Crippen molar-refractivity contribution in [2.24, 2.45) is 0 Å². The minimum Gasteiger partial charge on any atom is -0.308 e. The Balaban J connectivity index is 1.68. The first-order valence-corrected chi connectivity index (χ1v) is 9.40. The van der Waals surface area contributed by atoms with Crippen LogP contribution in [0.3, 0.4) is 0 Å². The topological polar surface area (TPSA) is 120 Å². The van der Waals surface area contributed by atoms with Crippen LogP contribution in [-0.2, 0) is 17.3 Å². The monoisotopic (exact) mass is 428 g/mol. The van der Waals surface area contributed by atoms with E-state index < -0.39 is 23.1 Å². The van der Waals surface area contributed by atoms with Gasteiger partial charge >= 0.3 is 0 Å². The number of hydrogen-bond acceptors (Lipinski definition) is 7. The van der Waals surface area contributed by atoms with Gasteiger partial charge in [-0.25, -0.2) is 9.67 Å². The van der Waals surface area contributed by atoms with Crippen molar-refractivity contribution in [1.29, 1.82) is 0 Å². The van der Waals surface area contributed by atoms with E-state index in [9.17, 15) is 18.4 Å². The fourth-order valence-corrected chi connectivity index (χ4v) is 3.04. The molecule has 0 aromatic carbocycles. The molecule has 0 saturated carbocycles. The van der Waals surface area contributed by atoms with Crippen molar-refractivity contribution in [3.63, 3.8) is 0 Å². The molecule has 10 nitrogen and oxygen atoms in total. The Kier molecular flexibility index (Phi) is 4.91. The number of aromatic nitrogens is 7. The second kappa shape index (κ2) is 7.45. The predicted octanol–water partition coefficient (Wildman–Crippen LogP) is 2.10. The van der Waals surface area contributed by atoms with Crippen molar-refractivity contribution in [3.8, 4) is 0 Å². The van der Waals surface area contributed by atoms with Gasteiger partial charge < -0.3 is 5.32 Å². The molecule has 1 N–H and O–H groups in total. The van der Waals surface area contributed by atoms with Crippen molar-refractivity contribution in [3.05, 3.63) is 52.3 Å². The van der Waals surface area contributed by atoms with Crippen molar-refractivity contribution in [2.45, 2.75) is 39.2 Å². The Morgan fingerprint density at radius 3 is 2.68 bits per heavy atom. The molecule has 31 heavy (non-hydrogen) atoms. The van der Waals surface area contributed by atoms with Gasteiger partial charge in [-0.05, 0) is 30.2 Å². The number of hydrogen-bond donors (Lipinski definition) is 1. The quantitative estimate of drug-likeness (QED) is 0.517. The molecule has 0 aliphatic carbocycles. The number of rotatable bonds is 5. The number of nitrogens with zero attached hydrogens (tertiary/aromatic N) is 7. The molecule has 0 unspecified atom stereocenters. The van der Waals surface area contributed by atoms with E-state index in [1.165, 1.54) is 16.9 Å². The molecule has 0 fully saturated rings. The molecule has 12 heteroatoms. The summed E-state index contributed by atoms with van der Waals surface area (Å²) in [4.78, 5) is 29.3. The molecule has 1 amide bonds. The summed E-state index contributed by atoms with van der Waals surface area (Å²) in [5.74, 6) is -3.67. The fourth-order valence-electron chi connectivity index (χ4n) is 3.04. The number of pyridine rings is 1. The Morgan fingerprint density at radius 2 is 1.97 bits per heavy atom. The van der Waals surface area contributed by atoms with E-state index in [0.717, 1.165) is 17.7 Å². The molecule has 160 valence electrons. The Bertz CT molecular complexity index is 1360. The third-order valence-electron chi connectivity index (χ3n) is 4.55. The van der Waals surface area contributed by atoms with E-state index >= 15 is 0 Å². The highest BCUT2D eigenvalue weighted by molar-refractivity contribution is 5.89. The van der Waals surface area contributed by atoms with Gasteiger partial charge in [0, 0.05) is 6.92 Å². The average molecular weight is 428 g/mol. The molecule has 4 rings (SSSR count). The molecule has 0 bridgehead atoms. The lowest BCUT2D eigenvalue weighted by molar-refractivity contribution is -0.117. The highest BCUT2D eigenvalue weighted by Gasteiger charge is 2.27. The van der Waals surface area contributed by atoms with Gasteiger partial charge in [-0.1, -0.05) is 13.8 Å². The summed E-state index contributed by atoms with van der Waals surface area (Å²) >= 11 is 0. The first kappa shape index (κ1) is 20.4. The second-order valence-corrected chi connectivity index (χ2v) is 7.38. The highest BCUT2D eigenvalue weighted by atomic mass is 19.3. The third-order valence-corrected chi connectivity index (χ3v) is 4.55. The first-order valence-electron chi connectivity index (χ1n) is 9.40. The predicted molar refractivity (Wildman–Crippen MR) is 107 cm³/mol. The molecule has 0 radical (unpaired) electrons. The van der Waals surface area contributed by atoms with Crippen LogP contribution in [0, 0.1) is 0 Å². The van der Waals surface area contributed by atoms with E-state index in [2.05, 4.69) is 30.7 Å². The molecule has 0 atom stereocenters. The molecular weight excluding hydrogens is 410 g/mol. The van der Waals surface area contributed by atoms with Crippen molar-refractivity contribution in [2.75, 3.05) is 5.32 Å². The van der Waals surface area contributed by atoms with E-state index in [4.69, 9.17) is 0 Å². The first-order chi connectivity index (χ1) is 14.6. The zero-order valence-electron chi connectivity index (χ0n) is 16.9. The van der Waals surface area contributed by atoms with Crippen molar-refractivity contribution < 1.29 is 13.6 Å². The van der Waals surface area contributed by atoms with Crippen LogP contribution in [0.1, 0.15) is 38.1 Å². The Labute approximate surface area is 173 Å². The molecule has 0 aliphatic rings. The largest absolute Gasteiger partial charge is 0.308 e. The summed E-state index contributed by atoms with van der Waals surface area (Å²) in [7, 11) is 0. The van der Waals surface area contributed by atoms with Crippen LogP contribution in [0.2, 0.25) is 0 Å². The van der Waals surface area contributed by atoms with Crippen LogP contribution < -0.4 is 10.9 Å². The van der Waals surface area contributed by atoms with Gasteiger partial charge in [0.15, 0.2) is 11.5 Å². The number of fused-ring (bicyclic) bond motifs is 2. The number of halogens is 2. The normalized spacial score (nSPS) is 12.1. The number of carbonyl (C=O) groups is 1. The standard InChI is InChI=1S/C19H18F2N8O2/c1-10(2)16-17-11(4-5-12(23-17)19(3,20)21)18(31)28(27-16)8-15(30)24-13-6-7-14-25-22-9-29(14)26-13/h4-7,9-10H,8H2,1-3H3,(H,24,26,30). The summed E-state index contributed by atoms with van der Waals surface area (Å²) in [6, 6.07) is 5.57. The number of amides is 1. The van der Waals surface area contributed by atoms with E-state index in [-0.39, 0.29) is 29.2 Å².